The van der Waals surface area contributed by atoms with Crippen molar-refractivity contribution >= 4 is 8.32 Å². The molecular formula is C19H37N3OSi. The van der Waals surface area contributed by atoms with E-state index in [1.54, 1.807) is 0 Å². The van der Waals surface area contributed by atoms with Crippen LogP contribution in [0.4, 0.5) is 0 Å². The number of hydrogen-bond donors (Lipinski definition) is 0. The molecule has 24 heavy (non-hydrogen) atoms. The van der Waals surface area contributed by atoms with Crippen LogP contribution in [0.5, 0.6) is 0 Å². The summed E-state index contributed by atoms with van der Waals surface area (Å²) in [6.45, 7) is 20.5. The zero-order chi connectivity index (χ0) is 18.7. The monoisotopic (exact) mass is 351 g/mol. The summed E-state index contributed by atoms with van der Waals surface area (Å²) < 4.78 is 6.97. The number of allylic oxidation sites excluding steroid dienone is 1. The van der Waals surface area contributed by atoms with Crippen LogP contribution < -0.4 is 0 Å². The van der Waals surface area contributed by atoms with Gasteiger partial charge < -0.3 is 4.43 Å². The lowest BCUT2D eigenvalue weighted by Gasteiger charge is -2.45. The maximum atomic E-state index is 8.95. The number of rotatable bonds is 7. The molecule has 0 saturated heterocycles. The molecule has 0 heterocycles. The van der Waals surface area contributed by atoms with Crippen LogP contribution >= 0.6 is 0 Å². The molecule has 0 aromatic heterocycles. The molecule has 0 saturated carbocycles. The molecule has 0 aromatic rings. The highest BCUT2D eigenvalue weighted by molar-refractivity contribution is 6.77. The molecule has 0 aromatic carbocycles. The maximum Gasteiger partial charge on any atom is 0.258 e. The first kappa shape index (κ1) is 21.1. The van der Waals surface area contributed by atoms with Gasteiger partial charge in [0.1, 0.15) is 0 Å². The van der Waals surface area contributed by atoms with Crippen LogP contribution in [0.25, 0.3) is 10.4 Å². The topological polar surface area (TPSA) is 58.0 Å². The van der Waals surface area contributed by atoms with E-state index in [2.05, 4.69) is 72.3 Å². The summed E-state index contributed by atoms with van der Waals surface area (Å²) in [6.07, 6.45) is 1.93. The average Bonchev–Trinajstić information content (AvgIpc) is 2.46. The maximum absolute atomic E-state index is 8.95. The molecule has 0 N–H and O–H groups in total. The predicted molar refractivity (Wildman–Crippen MR) is 105 cm³/mol. The van der Waals surface area contributed by atoms with Crippen molar-refractivity contribution in [1.82, 2.24) is 0 Å². The lowest BCUT2D eigenvalue weighted by molar-refractivity contribution is 0.249. The summed E-state index contributed by atoms with van der Waals surface area (Å²) in [4.78, 5) is 3.09. The van der Waals surface area contributed by atoms with Crippen molar-refractivity contribution < 1.29 is 4.43 Å². The summed E-state index contributed by atoms with van der Waals surface area (Å²) in [6, 6.07) is -0.0515. The van der Waals surface area contributed by atoms with E-state index in [0.29, 0.717) is 28.5 Å². The second-order valence-corrected chi connectivity index (χ2v) is 14.1. The van der Waals surface area contributed by atoms with Gasteiger partial charge in [-0.15, -0.1) is 0 Å². The van der Waals surface area contributed by atoms with Crippen LogP contribution in [-0.4, -0.2) is 14.4 Å². The van der Waals surface area contributed by atoms with Crippen molar-refractivity contribution in [3.05, 3.63) is 21.8 Å². The van der Waals surface area contributed by atoms with E-state index in [1.165, 1.54) is 0 Å². The molecule has 1 aliphatic carbocycles. The van der Waals surface area contributed by atoms with E-state index in [4.69, 9.17) is 9.96 Å². The smallest absolute Gasteiger partial charge is 0.258 e. The Kier molecular flexibility index (Phi) is 7.42. The lowest BCUT2D eigenvalue weighted by atomic mass is 9.79. The van der Waals surface area contributed by atoms with Crippen molar-refractivity contribution in [2.24, 2.45) is 17.0 Å². The molecule has 4 nitrogen and oxygen atoms in total. The van der Waals surface area contributed by atoms with E-state index >= 15 is 0 Å². The summed E-state index contributed by atoms with van der Waals surface area (Å²) in [5, 5.41) is 4.07. The number of nitrogens with zero attached hydrogens (tertiary/aromatic N) is 3. The van der Waals surface area contributed by atoms with Gasteiger partial charge in [0.15, 0.2) is 0 Å². The zero-order valence-corrected chi connectivity index (χ0v) is 18.1. The number of azide groups is 1. The Labute approximate surface area is 149 Å². The van der Waals surface area contributed by atoms with Gasteiger partial charge in [-0.2, -0.15) is 0 Å². The normalized spacial score (nSPS) is 22.5. The standard InChI is InChI=1S/C19H37N3OSi/c1-12(2)17-10-18(21-22-20)16(9)19(11-17)23-24(13(3)4,14(5)6)15(7)8/h12-15,17-18H,10-11H2,1-9H3/t17-,18+/m0/s1. The van der Waals surface area contributed by atoms with Gasteiger partial charge in [0.2, 0.25) is 0 Å². The number of hydrogen-bond acceptors (Lipinski definition) is 2. The van der Waals surface area contributed by atoms with Crippen LogP contribution in [0, 0.1) is 11.8 Å². The van der Waals surface area contributed by atoms with Crippen molar-refractivity contribution in [2.45, 2.75) is 97.8 Å². The van der Waals surface area contributed by atoms with Gasteiger partial charge in [0, 0.05) is 11.3 Å². The van der Waals surface area contributed by atoms with Gasteiger partial charge >= 0.3 is 0 Å². The summed E-state index contributed by atoms with van der Waals surface area (Å²) in [7, 11) is -1.97. The highest BCUT2D eigenvalue weighted by atomic mass is 28.4. The molecule has 0 fully saturated rings. The van der Waals surface area contributed by atoms with Crippen molar-refractivity contribution in [3.8, 4) is 0 Å². The third-order valence-corrected chi connectivity index (χ3v) is 12.1. The van der Waals surface area contributed by atoms with Gasteiger partial charge in [0.25, 0.3) is 8.32 Å². The van der Waals surface area contributed by atoms with Gasteiger partial charge in [-0.25, -0.2) is 0 Å². The zero-order valence-electron chi connectivity index (χ0n) is 17.1. The van der Waals surface area contributed by atoms with Gasteiger partial charge in [-0.05, 0) is 52.9 Å². The minimum Gasteiger partial charge on any atom is -0.546 e. The van der Waals surface area contributed by atoms with E-state index in [1.807, 2.05) is 0 Å². The quantitative estimate of drug-likeness (QED) is 0.207. The van der Waals surface area contributed by atoms with Crippen molar-refractivity contribution in [3.63, 3.8) is 0 Å². The van der Waals surface area contributed by atoms with E-state index in [-0.39, 0.29) is 6.04 Å². The Morgan fingerprint density at radius 3 is 1.92 bits per heavy atom. The highest BCUT2D eigenvalue weighted by Gasteiger charge is 2.48. The van der Waals surface area contributed by atoms with Crippen LogP contribution in [0.1, 0.15) is 75.2 Å². The fourth-order valence-electron chi connectivity index (χ4n) is 4.52. The molecular weight excluding hydrogens is 314 g/mol. The minimum absolute atomic E-state index is 0.0515. The molecule has 0 radical (unpaired) electrons. The van der Waals surface area contributed by atoms with Crippen molar-refractivity contribution in [1.29, 1.82) is 0 Å². The van der Waals surface area contributed by atoms with Crippen LogP contribution in [-0.2, 0) is 4.43 Å². The van der Waals surface area contributed by atoms with Crippen molar-refractivity contribution in [2.75, 3.05) is 0 Å². The molecule has 5 heteroatoms. The Balaban J connectivity index is 3.32. The molecule has 2 atom stereocenters. The Bertz CT molecular complexity index is 483. The second-order valence-electron chi connectivity index (χ2n) is 8.69. The van der Waals surface area contributed by atoms with E-state index in [0.717, 1.165) is 24.2 Å². The molecule has 1 rings (SSSR count). The van der Waals surface area contributed by atoms with Gasteiger partial charge in [-0.3, -0.25) is 0 Å². The fraction of sp³-hybridized carbons (Fsp3) is 0.895. The second kappa shape index (κ2) is 8.44. The SMILES string of the molecule is CC1=C(O[Si](C(C)C)(C(C)C)C(C)C)C[C@@H](C(C)C)C[C@H]1N=[N+]=[N-]. The van der Waals surface area contributed by atoms with Gasteiger partial charge in [0.05, 0.1) is 11.8 Å². The minimum atomic E-state index is -1.97. The molecule has 0 amide bonds. The first-order valence-corrected chi connectivity index (χ1v) is 11.6. The van der Waals surface area contributed by atoms with Crippen LogP contribution in [0.15, 0.2) is 16.4 Å². The van der Waals surface area contributed by atoms with E-state index < -0.39 is 8.32 Å². The van der Waals surface area contributed by atoms with Crippen LogP contribution in [0.2, 0.25) is 16.6 Å². The Morgan fingerprint density at radius 2 is 1.54 bits per heavy atom. The summed E-state index contributed by atoms with van der Waals surface area (Å²) in [5.41, 5.74) is 11.8. The van der Waals surface area contributed by atoms with E-state index in [9.17, 15) is 0 Å². The third kappa shape index (κ3) is 4.18. The first-order valence-electron chi connectivity index (χ1n) is 9.50. The Hall–Kier alpha value is -0.933. The van der Waals surface area contributed by atoms with Gasteiger partial charge in [-0.1, -0.05) is 60.5 Å². The average molecular weight is 352 g/mol. The molecule has 0 aliphatic heterocycles. The fourth-order valence-corrected chi connectivity index (χ4v) is 9.90. The molecule has 138 valence electrons. The molecule has 0 unspecified atom stereocenters. The van der Waals surface area contributed by atoms with Crippen LogP contribution in [0.3, 0.4) is 0 Å². The summed E-state index contributed by atoms with van der Waals surface area (Å²) >= 11 is 0. The molecule has 1 aliphatic rings. The third-order valence-electron chi connectivity index (χ3n) is 6.05. The first-order chi connectivity index (χ1) is 11.1. The Morgan fingerprint density at radius 1 is 1.04 bits per heavy atom. The predicted octanol–water partition coefficient (Wildman–Crippen LogP) is 7.20. The lowest BCUT2D eigenvalue weighted by Crippen LogP contribution is -2.48. The summed E-state index contributed by atoms with van der Waals surface area (Å²) in [5.74, 6) is 2.22. The molecule has 0 bridgehead atoms. The molecule has 0 spiro atoms. The highest BCUT2D eigenvalue weighted by Crippen LogP contribution is 2.46. The largest absolute Gasteiger partial charge is 0.546 e.